The molecular weight excluding hydrogens is 210 g/mol. The van der Waals surface area contributed by atoms with Crippen LogP contribution in [0.4, 0.5) is 8.78 Å². The first-order valence-electron chi connectivity index (χ1n) is 4.75. The van der Waals surface area contributed by atoms with Crippen molar-refractivity contribution in [1.82, 2.24) is 9.97 Å². The first-order valence-corrected chi connectivity index (χ1v) is 4.75. The Labute approximate surface area is 89.6 Å². The predicted octanol–water partition coefficient (Wildman–Crippen LogP) is 3.06. The van der Waals surface area contributed by atoms with Gasteiger partial charge in [-0.15, -0.1) is 0 Å². The van der Waals surface area contributed by atoms with E-state index in [1.165, 1.54) is 36.7 Å². The molecule has 0 N–H and O–H groups in total. The highest BCUT2D eigenvalue weighted by molar-refractivity contribution is 6.02. The Kier molecular flexibility index (Phi) is 1.83. The Morgan fingerprint density at radius 2 is 1.12 bits per heavy atom. The third-order valence-electron chi connectivity index (χ3n) is 2.51. The normalized spacial score (nSPS) is 11.1. The summed E-state index contributed by atoms with van der Waals surface area (Å²) in [4.78, 5) is 8.08. The van der Waals surface area contributed by atoms with Crippen molar-refractivity contribution in [2.24, 2.45) is 0 Å². The molecule has 3 aromatic rings. The monoisotopic (exact) mass is 216 g/mol. The average molecular weight is 216 g/mol. The number of pyridine rings is 2. The molecule has 0 aliphatic heterocycles. The zero-order valence-electron chi connectivity index (χ0n) is 8.11. The van der Waals surface area contributed by atoms with Crippen LogP contribution in [0.2, 0.25) is 0 Å². The van der Waals surface area contributed by atoms with E-state index in [-0.39, 0.29) is 11.6 Å². The highest BCUT2D eigenvalue weighted by Gasteiger charge is 2.08. The van der Waals surface area contributed by atoms with E-state index in [4.69, 9.17) is 0 Å². The average Bonchev–Trinajstić information content (AvgIpc) is 2.30. The molecule has 0 bridgehead atoms. The molecule has 0 fully saturated rings. The first kappa shape index (κ1) is 9.15. The Hall–Kier alpha value is -2.10. The maximum atomic E-state index is 13.5. The van der Waals surface area contributed by atoms with Crippen molar-refractivity contribution >= 4 is 21.8 Å². The first-order chi connectivity index (χ1) is 7.77. The van der Waals surface area contributed by atoms with Gasteiger partial charge < -0.3 is 0 Å². The molecule has 0 amide bonds. The Morgan fingerprint density at radius 1 is 0.688 bits per heavy atom. The van der Waals surface area contributed by atoms with Gasteiger partial charge in [0.25, 0.3) is 0 Å². The number of nitrogens with zero attached hydrogens (tertiary/aromatic N) is 2. The second-order valence-electron chi connectivity index (χ2n) is 3.44. The molecule has 2 nitrogen and oxygen atoms in total. The van der Waals surface area contributed by atoms with Crippen molar-refractivity contribution in [2.75, 3.05) is 0 Å². The minimum atomic E-state index is -0.377. The third-order valence-corrected chi connectivity index (χ3v) is 2.51. The van der Waals surface area contributed by atoms with Crippen molar-refractivity contribution in [3.8, 4) is 0 Å². The number of hydrogen-bond acceptors (Lipinski definition) is 2. The molecule has 16 heavy (non-hydrogen) atoms. The summed E-state index contributed by atoms with van der Waals surface area (Å²) in [6.45, 7) is 0. The zero-order chi connectivity index (χ0) is 11.1. The second kappa shape index (κ2) is 3.20. The number of aromatic nitrogens is 2. The molecule has 1 aromatic carbocycles. The van der Waals surface area contributed by atoms with E-state index in [0.29, 0.717) is 21.8 Å². The Balaban J connectivity index is 2.60. The number of halogens is 2. The molecular formula is C12H6F2N2. The van der Waals surface area contributed by atoms with E-state index >= 15 is 0 Å². The van der Waals surface area contributed by atoms with Gasteiger partial charge in [0.15, 0.2) is 0 Å². The molecule has 0 saturated heterocycles. The molecule has 78 valence electrons. The molecule has 3 rings (SSSR count). The van der Waals surface area contributed by atoms with Crippen LogP contribution in [-0.2, 0) is 0 Å². The summed E-state index contributed by atoms with van der Waals surface area (Å²) in [7, 11) is 0. The van der Waals surface area contributed by atoms with E-state index in [1.807, 2.05) is 0 Å². The van der Waals surface area contributed by atoms with E-state index < -0.39 is 0 Å². The number of benzene rings is 1. The topological polar surface area (TPSA) is 25.8 Å². The van der Waals surface area contributed by atoms with E-state index in [1.54, 1.807) is 0 Å². The summed E-state index contributed by atoms with van der Waals surface area (Å²) in [6.07, 6.45) is 2.70. The maximum absolute atomic E-state index is 13.5. The summed E-state index contributed by atoms with van der Waals surface area (Å²) in [6, 6.07) is 5.58. The molecule has 0 unspecified atom stereocenters. The SMILES string of the molecule is Fc1ccnc2c1ccc1c(F)ccnc12. The molecule has 0 radical (unpaired) electrons. The standard InChI is InChI=1S/C12H6F2N2/c13-9-3-5-15-11-7(9)1-2-8-10(14)4-6-16-12(8)11/h1-6H. The van der Waals surface area contributed by atoms with Gasteiger partial charge in [-0.05, 0) is 24.3 Å². The smallest absolute Gasteiger partial charge is 0.134 e. The van der Waals surface area contributed by atoms with Gasteiger partial charge in [-0.1, -0.05) is 0 Å². The second-order valence-corrected chi connectivity index (χ2v) is 3.44. The van der Waals surface area contributed by atoms with Crippen LogP contribution in [0.15, 0.2) is 36.7 Å². The largest absolute Gasteiger partial charge is 0.254 e. The summed E-state index contributed by atoms with van der Waals surface area (Å²) >= 11 is 0. The maximum Gasteiger partial charge on any atom is 0.134 e. The molecule has 0 atom stereocenters. The Bertz CT molecular complexity index is 634. The van der Waals surface area contributed by atoms with Crippen LogP contribution in [0.5, 0.6) is 0 Å². The fourth-order valence-electron chi connectivity index (χ4n) is 1.76. The van der Waals surface area contributed by atoms with Crippen LogP contribution < -0.4 is 0 Å². The molecule has 2 aromatic heterocycles. The summed E-state index contributed by atoms with van der Waals surface area (Å²) in [5.74, 6) is -0.754. The van der Waals surface area contributed by atoms with Crippen molar-refractivity contribution in [3.63, 3.8) is 0 Å². The highest BCUT2D eigenvalue weighted by atomic mass is 19.1. The van der Waals surface area contributed by atoms with E-state index in [9.17, 15) is 8.78 Å². The van der Waals surface area contributed by atoms with Crippen LogP contribution in [-0.4, -0.2) is 9.97 Å². The van der Waals surface area contributed by atoms with Gasteiger partial charge in [0, 0.05) is 23.2 Å². The van der Waals surface area contributed by atoms with Crippen LogP contribution in [0.25, 0.3) is 21.8 Å². The summed E-state index contributed by atoms with van der Waals surface area (Å²) in [5.41, 5.74) is 0.772. The molecule has 4 heteroatoms. The van der Waals surface area contributed by atoms with Crippen LogP contribution in [0, 0.1) is 11.6 Å². The van der Waals surface area contributed by atoms with Crippen LogP contribution in [0.1, 0.15) is 0 Å². The fourth-order valence-corrected chi connectivity index (χ4v) is 1.76. The van der Waals surface area contributed by atoms with Crippen molar-refractivity contribution < 1.29 is 8.78 Å². The molecule has 2 heterocycles. The highest BCUT2D eigenvalue weighted by Crippen LogP contribution is 2.24. The number of fused-ring (bicyclic) bond motifs is 3. The quantitative estimate of drug-likeness (QED) is 0.540. The third kappa shape index (κ3) is 1.16. The predicted molar refractivity (Wildman–Crippen MR) is 57.0 cm³/mol. The molecule has 0 aliphatic carbocycles. The molecule has 0 spiro atoms. The van der Waals surface area contributed by atoms with Crippen molar-refractivity contribution in [2.45, 2.75) is 0 Å². The van der Waals surface area contributed by atoms with Crippen molar-refractivity contribution in [3.05, 3.63) is 48.3 Å². The summed E-state index contributed by atoms with van der Waals surface area (Å²) < 4.78 is 26.9. The van der Waals surface area contributed by atoms with Gasteiger partial charge in [0.1, 0.15) is 11.6 Å². The van der Waals surface area contributed by atoms with Gasteiger partial charge in [-0.25, -0.2) is 8.78 Å². The summed E-state index contributed by atoms with van der Waals surface area (Å²) in [5, 5.41) is 0.709. The van der Waals surface area contributed by atoms with Crippen LogP contribution >= 0.6 is 0 Å². The van der Waals surface area contributed by atoms with Gasteiger partial charge in [-0.2, -0.15) is 0 Å². The number of hydrogen-bond donors (Lipinski definition) is 0. The van der Waals surface area contributed by atoms with Crippen molar-refractivity contribution in [1.29, 1.82) is 0 Å². The lowest BCUT2D eigenvalue weighted by Crippen LogP contribution is -1.89. The van der Waals surface area contributed by atoms with Crippen LogP contribution in [0.3, 0.4) is 0 Å². The molecule has 0 saturated carbocycles. The Morgan fingerprint density at radius 3 is 1.56 bits per heavy atom. The van der Waals surface area contributed by atoms with E-state index in [0.717, 1.165) is 0 Å². The fraction of sp³-hybridized carbons (Fsp3) is 0. The number of rotatable bonds is 0. The van der Waals surface area contributed by atoms with Gasteiger partial charge in [-0.3, -0.25) is 9.97 Å². The lowest BCUT2D eigenvalue weighted by molar-refractivity contribution is 0.636. The van der Waals surface area contributed by atoms with Gasteiger partial charge in [0.2, 0.25) is 0 Å². The lowest BCUT2D eigenvalue weighted by atomic mass is 10.1. The minimum Gasteiger partial charge on any atom is -0.254 e. The van der Waals surface area contributed by atoms with E-state index in [2.05, 4.69) is 9.97 Å². The minimum absolute atomic E-state index is 0.355. The lowest BCUT2D eigenvalue weighted by Gasteiger charge is -2.03. The van der Waals surface area contributed by atoms with Gasteiger partial charge >= 0.3 is 0 Å². The van der Waals surface area contributed by atoms with Gasteiger partial charge in [0.05, 0.1) is 11.0 Å². The zero-order valence-corrected chi connectivity index (χ0v) is 8.11. The molecule has 0 aliphatic rings.